The molecule has 0 radical (unpaired) electrons. The number of allylic oxidation sites excluding steroid dienone is 1. The molecule has 5 atom stereocenters. The van der Waals surface area contributed by atoms with Crippen LogP contribution in [0.4, 0.5) is 0 Å². The van der Waals surface area contributed by atoms with Crippen LogP contribution in [0.5, 0.6) is 11.5 Å². The fourth-order valence-corrected chi connectivity index (χ4v) is 5.30. The van der Waals surface area contributed by atoms with Crippen molar-refractivity contribution >= 4 is 12.0 Å². The fourth-order valence-electron chi connectivity index (χ4n) is 5.30. The monoisotopic (exact) mass is 637 g/mol. The molecule has 3 rings (SSSR count). The van der Waals surface area contributed by atoms with Crippen LogP contribution in [0.15, 0.2) is 59.7 Å². The van der Waals surface area contributed by atoms with Crippen molar-refractivity contribution in [3.8, 4) is 11.5 Å². The summed E-state index contributed by atoms with van der Waals surface area (Å²) in [6, 6.07) is 14.7. The lowest BCUT2D eigenvalue weighted by atomic mass is 9.89. The first kappa shape index (κ1) is 36.9. The smallest absolute Gasteiger partial charge is 0.311 e. The van der Waals surface area contributed by atoms with E-state index in [1.807, 2.05) is 62.4 Å². The molecule has 0 amide bonds. The van der Waals surface area contributed by atoms with Gasteiger partial charge in [-0.2, -0.15) is 0 Å². The number of esters is 1. The third-order valence-corrected chi connectivity index (χ3v) is 7.95. The van der Waals surface area contributed by atoms with Gasteiger partial charge in [0.25, 0.3) is 0 Å². The van der Waals surface area contributed by atoms with E-state index in [1.165, 1.54) is 0 Å². The van der Waals surface area contributed by atoms with Crippen LogP contribution in [0.3, 0.4) is 0 Å². The molecule has 0 spiro atoms. The number of methoxy groups -OCH3 is 2. The molecular weight excluding hydrogens is 586 g/mol. The van der Waals surface area contributed by atoms with Crippen LogP contribution >= 0.6 is 0 Å². The number of carbonyl (C=O) groups is 1. The van der Waals surface area contributed by atoms with Crippen molar-refractivity contribution in [1.82, 2.24) is 0 Å². The number of carbonyl (C=O) groups excluding carboxylic acids is 1. The van der Waals surface area contributed by atoms with Gasteiger partial charge in [-0.05, 0) is 101 Å². The van der Waals surface area contributed by atoms with Crippen LogP contribution in [0.1, 0.15) is 78.4 Å². The standard InChI is InChI=1S/C36H51N3O7/c1-25(13-11-9-10-12-14-26-15-19-28(41-7)20-16-26)32-33(46-36(5,6)45-32)31(38-39-37)30(24-44-34(40)35(2,3)4)43-23-27-17-21-29(42-8)22-18-27/h12,14-22,25,30-33H,9-11,13,23-24H2,1-8H3/b14-12+/t25-,30+,31-,32-,33-/m0/s1. The average Bonchev–Trinajstić information content (AvgIpc) is 3.36. The Hall–Kier alpha value is -3.56. The Bertz CT molecular complexity index is 1300. The minimum atomic E-state index is -0.892. The van der Waals surface area contributed by atoms with Crippen molar-refractivity contribution < 1.29 is 33.2 Å². The van der Waals surface area contributed by atoms with Crippen molar-refractivity contribution in [1.29, 1.82) is 0 Å². The molecule has 1 aliphatic rings. The lowest BCUT2D eigenvalue weighted by Gasteiger charge is -2.32. The topological polar surface area (TPSA) is 121 Å². The second-order valence-electron chi connectivity index (χ2n) is 13.2. The summed E-state index contributed by atoms with van der Waals surface area (Å²) in [5.41, 5.74) is 11.0. The second-order valence-corrected chi connectivity index (χ2v) is 13.2. The van der Waals surface area contributed by atoms with E-state index < -0.39 is 29.5 Å². The minimum Gasteiger partial charge on any atom is -0.497 e. The second kappa shape index (κ2) is 17.4. The molecule has 0 unspecified atom stereocenters. The highest BCUT2D eigenvalue weighted by molar-refractivity contribution is 5.75. The van der Waals surface area contributed by atoms with E-state index >= 15 is 0 Å². The van der Waals surface area contributed by atoms with Gasteiger partial charge in [0.1, 0.15) is 24.2 Å². The van der Waals surface area contributed by atoms with Crippen LogP contribution in [0, 0.1) is 11.3 Å². The predicted octanol–water partition coefficient (Wildman–Crippen LogP) is 8.29. The number of ether oxygens (including phenoxy) is 6. The number of rotatable bonds is 17. The molecule has 1 aliphatic heterocycles. The van der Waals surface area contributed by atoms with Gasteiger partial charge in [-0.25, -0.2) is 0 Å². The number of azide groups is 1. The van der Waals surface area contributed by atoms with Crippen LogP contribution in [-0.4, -0.2) is 56.9 Å². The highest BCUT2D eigenvalue weighted by Gasteiger charge is 2.49. The molecule has 0 aromatic heterocycles. The molecule has 0 N–H and O–H groups in total. The van der Waals surface area contributed by atoms with E-state index in [0.29, 0.717) is 0 Å². The van der Waals surface area contributed by atoms with Crippen LogP contribution in [0.2, 0.25) is 0 Å². The van der Waals surface area contributed by atoms with Gasteiger partial charge in [0, 0.05) is 4.91 Å². The molecule has 0 aliphatic carbocycles. The number of hydrogen-bond donors (Lipinski definition) is 0. The summed E-state index contributed by atoms with van der Waals surface area (Å²) in [6.07, 6.45) is 6.45. The number of hydrogen-bond acceptors (Lipinski definition) is 8. The summed E-state index contributed by atoms with van der Waals surface area (Å²) in [6.45, 7) is 11.3. The normalized spacial score (nSPS) is 19.7. The van der Waals surface area contributed by atoms with Gasteiger partial charge in [0.15, 0.2) is 5.79 Å². The summed E-state index contributed by atoms with van der Waals surface area (Å²) in [7, 11) is 3.27. The van der Waals surface area contributed by atoms with Crippen molar-refractivity contribution in [2.75, 3.05) is 20.8 Å². The Morgan fingerprint density at radius 2 is 1.61 bits per heavy atom. The van der Waals surface area contributed by atoms with Crippen molar-refractivity contribution in [2.45, 2.75) is 104 Å². The first-order chi connectivity index (χ1) is 21.9. The van der Waals surface area contributed by atoms with Crippen molar-refractivity contribution in [3.05, 3.63) is 76.2 Å². The molecule has 46 heavy (non-hydrogen) atoms. The third-order valence-electron chi connectivity index (χ3n) is 7.95. The Balaban J connectivity index is 1.70. The van der Waals surface area contributed by atoms with Gasteiger partial charge in [-0.1, -0.05) is 54.9 Å². The van der Waals surface area contributed by atoms with Gasteiger partial charge >= 0.3 is 5.97 Å². The summed E-state index contributed by atoms with van der Waals surface area (Å²) in [4.78, 5) is 15.9. The zero-order valence-electron chi connectivity index (χ0n) is 28.6. The van der Waals surface area contributed by atoms with Gasteiger partial charge in [-0.3, -0.25) is 4.79 Å². The van der Waals surface area contributed by atoms with E-state index in [-0.39, 0.29) is 31.2 Å². The Morgan fingerprint density at radius 3 is 2.20 bits per heavy atom. The third kappa shape index (κ3) is 11.4. The molecular formula is C36H51N3O7. The highest BCUT2D eigenvalue weighted by Crippen LogP contribution is 2.38. The molecule has 2 aromatic rings. The lowest BCUT2D eigenvalue weighted by molar-refractivity contribution is -0.164. The fraction of sp³-hybridized carbons (Fsp3) is 0.583. The number of nitrogens with zero attached hydrogens (tertiary/aromatic N) is 3. The van der Waals surface area contributed by atoms with Crippen LogP contribution < -0.4 is 9.47 Å². The van der Waals surface area contributed by atoms with Crippen LogP contribution in [0.25, 0.3) is 16.5 Å². The van der Waals surface area contributed by atoms with Crippen LogP contribution in [-0.2, 0) is 30.3 Å². The van der Waals surface area contributed by atoms with E-state index in [0.717, 1.165) is 48.3 Å². The largest absolute Gasteiger partial charge is 0.497 e. The molecule has 1 heterocycles. The zero-order valence-corrected chi connectivity index (χ0v) is 28.6. The highest BCUT2D eigenvalue weighted by atomic mass is 16.8. The zero-order chi connectivity index (χ0) is 33.7. The molecule has 10 heteroatoms. The Kier molecular flexibility index (Phi) is 13.9. The molecule has 1 saturated heterocycles. The quantitative estimate of drug-likeness (QED) is 0.0562. The van der Waals surface area contributed by atoms with Crippen molar-refractivity contribution in [3.63, 3.8) is 0 Å². The van der Waals surface area contributed by atoms with Gasteiger partial charge < -0.3 is 28.4 Å². The van der Waals surface area contributed by atoms with Gasteiger partial charge in [0.05, 0.1) is 44.5 Å². The maximum Gasteiger partial charge on any atom is 0.311 e. The number of unbranched alkanes of at least 4 members (excludes halogenated alkanes) is 2. The molecule has 0 saturated carbocycles. The lowest BCUT2D eigenvalue weighted by Crippen LogP contribution is -2.47. The summed E-state index contributed by atoms with van der Waals surface area (Å²) in [5.74, 6) is 0.411. The molecule has 252 valence electrons. The first-order valence-electron chi connectivity index (χ1n) is 16.0. The Morgan fingerprint density at radius 1 is 1.00 bits per heavy atom. The van der Waals surface area contributed by atoms with Gasteiger partial charge in [-0.15, -0.1) is 0 Å². The molecule has 2 aromatic carbocycles. The Labute approximate surface area is 274 Å². The van der Waals surface area contributed by atoms with E-state index in [4.69, 9.17) is 28.4 Å². The minimum absolute atomic E-state index is 0.0993. The molecule has 10 nitrogen and oxygen atoms in total. The first-order valence-corrected chi connectivity index (χ1v) is 16.0. The maximum absolute atomic E-state index is 12.7. The number of benzene rings is 2. The SMILES string of the molecule is COc1ccc(/C=C/CCCC[C@H](C)[C@@H]2OC(C)(C)O[C@H]2[C@@H](N=[N+]=[N-])[C@@H](COC(=O)C(C)(C)C)OCc2ccc(OC)cc2)cc1. The summed E-state index contributed by atoms with van der Waals surface area (Å²) in [5, 5.41) is 4.17. The maximum atomic E-state index is 12.7. The molecule has 0 bridgehead atoms. The van der Waals surface area contributed by atoms with E-state index in [9.17, 15) is 10.3 Å². The molecule has 1 fully saturated rings. The van der Waals surface area contributed by atoms with E-state index in [2.05, 4.69) is 29.1 Å². The predicted molar refractivity (Wildman–Crippen MR) is 178 cm³/mol. The van der Waals surface area contributed by atoms with Crippen molar-refractivity contribution in [2.24, 2.45) is 16.4 Å². The van der Waals surface area contributed by atoms with E-state index in [1.54, 1.807) is 35.0 Å². The van der Waals surface area contributed by atoms with Gasteiger partial charge in [0.2, 0.25) is 0 Å². The average molecular weight is 638 g/mol. The summed E-state index contributed by atoms with van der Waals surface area (Å²) >= 11 is 0. The summed E-state index contributed by atoms with van der Waals surface area (Å²) < 4.78 is 35.3.